The Balaban J connectivity index is 1.72. The smallest absolute Gasteiger partial charge is 0.274 e. The van der Waals surface area contributed by atoms with Crippen molar-refractivity contribution in [2.45, 2.75) is 13.3 Å². The van der Waals surface area contributed by atoms with Gasteiger partial charge in [0.1, 0.15) is 23.4 Å². The number of hydrogen-bond acceptors (Lipinski definition) is 6. The Morgan fingerprint density at radius 1 is 1.38 bits per heavy atom. The fraction of sp³-hybridized carbons (Fsp3) is 0.467. The molecule has 130 valence electrons. The summed E-state index contributed by atoms with van der Waals surface area (Å²) in [4.78, 5) is 10.9. The van der Waals surface area contributed by atoms with Crippen LogP contribution >= 0.6 is 0 Å². The third kappa shape index (κ3) is 3.58. The fourth-order valence-corrected chi connectivity index (χ4v) is 3.40. The molecule has 0 bridgehead atoms. The quantitative estimate of drug-likeness (QED) is 0.787. The number of ether oxygens (including phenoxy) is 1. The molecule has 3 N–H and O–H groups in total. The summed E-state index contributed by atoms with van der Waals surface area (Å²) in [5.41, 5.74) is 1.89. The van der Waals surface area contributed by atoms with Gasteiger partial charge in [-0.05, 0) is 37.0 Å². The van der Waals surface area contributed by atoms with Gasteiger partial charge in [0, 0.05) is 25.0 Å². The van der Waals surface area contributed by atoms with E-state index in [2.05, 4.69) is 25.7 Å². The standard InChI is InChI=1S/C15H21N5O3S/c1-10-5-12-14(13(6-10)23-2)17-9-18-15(12)20-7-11(8-20)3-4-19-24(16,21)22/h5-6,9,11,19H,3-4,7-8H2,1-2H3,(H2,16,21,22). The molecule has 8 nitrogen and oxygen atoms in total. The normalized spacial score (nSPS) is 15.5. The minimum absolute atomic E-state index is 0.356. The summed E-state index contributed by atoms with van der Waals surface area (Å²) in [5, 5.41) is 5.89. The first-order valence-electron chi connectivity index (χ1n) is 7.69. The predicted octanol–water partition coefficient (Wildman–Crippen LogP) is 0.566. The lowest BCUT2D eigenvalue weighted by Gasteiger charge is -2.40. The van der Waals surface area contributed by atoms with Gasteiger partial charge in [-0.1, -0.05) is 0 Å². The van der Waals surface area contributed by atoms with Crippen LogP contribution in [0.5, 0.6) is 5.75 Å². The fourth-order valence-electron chi connectivity index (χ4n) is 3.00. The second kappa shape index (κ2) is 6.50. The van der Waals surface area contributed by atoms with Gasteiger partial charge in [0.15, 0.2) is 0 Å². The van der Waals surface area contributed by atoms with E-state index < -0.39 is 10.2 Å². The van der Waals surface area contributed by atoms with Crippen LogP contribution in [-0.4, -0.2) is 45.1 Å². The second-order valence-corrected chi connectivity index (χ2v) is 7.44. The van der Waals surface area contributed by atoms with E-state index in [1.54, 1.807) is 13.4 Å². The Labute approximate surface area is 141 Å². The van der Waals surface area contributed by atoms with Gasteiger partial charge in [0.05, 0.1) is 7.11 Å². The number of rotatable bonds is 6. The average molecular weight is 351 g/mol. The first kappa shape index (κ1) is 16.9. The van der Waals surface area contributed by atoms with Crippen LogP contribution in [0, 0.1) is 12.8 Å². The molecule has 1 fully saturated rings. The van der Waals surface area contributed by atoms with Crippen LogP contribution in [0.3, 0.4) is 0 Å². The summed E-state index contributed by atoms with van der Waals surface area (Å²) >= 11 is 0. The highest BCUT2D eigenvalue weighted by Gasteiger charge is 2.29. The van der Waals surface area contributed by atoms with E-state index in [-0.39, 0.29) is 0 Å². The third-order valence-electron chi connectivity index (χ3n) is 4.16. The van der Waals surface area contributed by atoms with E-state index in [0.29, 0.717) is 12.5 Å². The summed E-state index contributed by atoms with van der Waals surface area (Å²) in [6.45, 7) is 4.02. The van der Waals surface area contributed by atoms with Crippen LogP contribution in [-0.2, 0) is 10.2 Å². The molecule has 9 heteroatoms. The summed E-state index contributed by atoms with van der Waals surface area (Å²) in [7, 11) is -1.98. The van der Waals surface area contributed by atoms with Crippen molar-refractivity contribution in [3.8, 4) is 5.75 Å². The van der Waals surface area contributed by atoms with Gasteiger partial charge < -0.3 is 9.64 Å². The Bertz CT molecular complexity index is 850. The van der Waals surface area contributed by atoms with Gasteiger partial charge in [0.25, 0.3) is 10.2 Å². The van der Waals surface area contributed by atoms with Crippen molar-refractivity contribution < 1.29 is 13.2 Å². The van der Waals surface area contributed by atoms with E-state index in [4.69, 9.17) is 9.88 Å². The largest absolute Gasteiger partial charge is 0.494 e. The van der Waals surface area contributed by atoms with Crippen molar-refractivity contribution >= 4 is 26.9 Å². The van der Waals surface area contributed by atoms with Crippen molar-refractivity contribution in [2.75, 3.05) is 31.6 Å². The summed E-state index contributed by atoms with van der Waals surface area (Å²) in [6.07, 6.45) is 2.30. The zero-order chi connectivity index (χ0) is 17.3. The lowest BCUT2D eigenvalue weighted by Crippen LogP contribution is -2.48. The van der Waals surface area contributed by atoms with Crippen LogP contribution in [0.15, 0.2) is 18.5 Å². The Morgan fingerprint density at radius 3 is 2.79 bits per heavy atom. The molecule has 2 aromatic rings. The Kier molecular flexibility index (Phi) is 4.57. The monoisotopic (exact) mass is 351 g/mol. The van der Waals surface area contributed by atoms with E-state index in [0.717, 1.165) is 47.5 Å². The van der Waals surface area contributed by atoms with Gasteiger partial charge >= 0.3 is 0 Å². The molecule has 0 unspecified atom stereocenters. The number of nitrogens with two attached hydrogens (primary N) is 1. The molecule has 1 aromatic heterocycles. The van der Waals surface area contributed by atoms with Crippen molar-refractivity contribution in [1.29, 1.82) is 0 Å². The first-order valence-corrected chi connectivity index (χ1v) is 9.23. The Hall–Kier alpha value is -1.97. The number of benzene rings is 1. The van der Waals surface area contributed by atoms with E-state index in [9.17, 15) is 8.42 Å². The second-order valence-electron chi connectivity index (χ2n) is 6.06. The lowest BCUT2D eigenvalue weighted by atomic mass is 9.96. The number of fused-ring (bicyclic) bond motifs is 1. The molecular formula is C15H21N5O3S. The molecular weight excluding hydrogens is 330 g/mol. The van der Waals surface area contributed by atoms with Gasteiger partial charge in [-0.3, -0.25) is 0 Å². The molecule has 0 radical (unpaired) electrons. The van der Waals surface area contributed by atoms with Crippen molar-refractivity contribution in [1.82, 2.24) is 14.7 Å². The van der Waals surface area contributed by atoms with Gasteiger partial charge in [0.2, 0.25) is 0 Å². The molecule has 2 heterocycles. The zero-order valence-corrected chi connectivity index (χ0v) is 14.5. The molecule has 0 spiro atoms. The minimum Gasteiger partial charge on any atom is -0.494 e. The van der Waals surface area contributed by atoms with E-state index in [1.165, 1.54) is 0 Å². The van der Waals surface area contributed by atoms with Crippen LogP contribution in [0.1, 0.15) is 12.0 Å². The minimum atomic E-state index is -3.61. The number of anilines is 1. The first-order chi connectivity index (χ1) is 11.4. The van der Waals surface area contributed by atoms with Crippen LogP contribution in [0.2, 0.25) is 0 Å². The van der Waals surface area contributed by atoms with Gasteiger partial charge in [-0.25, -0.2) is 19.8 Å². The third-order valence-corrected chi connectivity index (χ3v) is 4.77. The summed E-state index contributed by atoms with van der Waals surface area (Å²) in [5.74, 6) is 2.04. The molecule has 1 saturated heterocycles. The maximum Gasteiger partial charge on any atom is 0.274 e. The molecule has 0 aliphatic carbocycles. The predicted molar refractivity (Wildman–Crippen MR) is 92.3 cm³/mol. The topological polar surface area (TPSA) is 110 Å². The molecule has 1 aliphatic rings. The van der Waals surface area contributed by atoms with Crippen molar-refractivity contribution in [2.24, 2.45) is 11.1 Å². The van der Waals surface area contributed by atoms with Crippen molar-refractivity contribution in [3.05, 3.63) is 24.0 Å². The SMILES string of the molecule is COc1cc(C)cc2c(N3CC(CCNS(N)(=O)=O)C3)ncnc12. The van der Waals surface area contributed by atoms with Crippen LogP contribution < -0.4 is 19.5 Å². The van der Waals surface area contributed by atoms with Crippen LogP contribution in [0.25, 0.3) is 10.9 Å². The number of hydrogen-bond donors (Lipinski definition) is 2. The number of aryl methyl sites for hydroxylation is 1. The molecule has 1 aromatic carbocycles. The highest BCUT2D eigenvalue weighted by atomic mass is 32.2. The number of methoxy groups -OCH3 is 1. The maximum absolute atomic E-state index is 10.9. The molecule has 0 amide bonds. The highest BCUT2D eigenvalue weighted by molar-refractivity contribution is 7.87. The molecule has 3 rings (SSSR count). The molecule has 0 saturated carbocycles. The zero-order valence-electron chi connectivity index (χ0n) is 13.7. The molecule has 1 aliphatic heterocycles. The number of aromatic nitrogens is 2. The van der Waals surface area contributed by atoms with E-state index >= 15 is 0 Å². The number of nitrogens with one attached hydrogen (secondary N) is 1. The van der Waals surface area contributed by atoms with Crippen molar-refractivity contribution in [3.63, 3.8) is 0 Å². The summed E-state index contributed by atoms with van der Waals surface area (Å²) < 4.78 is 29.5. The average Bonchev–Trinajstić information content (AvgIpc) is 2.47. The summed E-state index contributed by atoms with van der Waals surface area (Å²) in [6, 6.07) is 4.01. The van der Waals surface area contributed by atoms with E-state index in [1.807, 2.05) is 13.0 Å². The van der Waals surface area contributed by atoms with Gasteiger partial charge in [-0.2, -0.15) is 8.42 Å². The lowest BCUT2D eigenvalue weighted by molar-refractivity contribution is 0.382. The molecule has 24 heavy (non-hydrogen) atoms. The molecule has 0 atom stereocenters. The Morgan fingerprint density at radius 2 is 2.12 bits per heavy atom. The van der Waals surface area contributed by atoms with Gasteiger partial charge in [-0.15, -0.1) is 0 Å². The highest BCUT2D eigenvalue weighted by Crippen LogP contribution is 2.34. The van der Waals surface area contributed by atoms with Crippen LogP contribution in [0.4, 0.5) is 5.82 Å². The maximum atomic E-state index is 10.9. The number of nitrogens with zero attached hydrogens (tertiary/aromatic N) is 3.